The second kappa shape index (κ2) is 4.41. The summed E-state index contributed by atoms with van der Waals surface area (Å²) < 4.78 is 10.6. The minimum absolute atomic E-state index is 0.603. The van der Waals surface area contributed by atoms with Gasteiger partial charge >= 0.3 is 0 Å². The Balaban J connectivity index is 2.17. The first-order valence-corrected chi connectivity index (χ1v) is 4.45. The summed E-state index contributed by atoms with van der Waals surface area (Å²) in [6.45, 7) is 0. The number of hydrogen-bond acceptors (Lipinski definition) is 4. The van der Waals surface area contributed by atoms with Gasteiger partial charge in [-0.2, -0.15) is 0 Å². The third kappa shape index (κ3) is 2.43. The van der Waals surface area contributed by atoms with Gasteiger partial charge in [-0.15, -0.1) is 0 Å². The lowest BCUT2D eigenvalue weighted by Crippen LogP contribution is -1.87. The van der Waals surface area contributed by atoms with E-state index >= 15 is 0 Å². The number of hydrogen-bond donors (Lipinski definition) is 0. The van der Waals surface area contributed by atoms with Crippen molar-refractivity contribution in [1.82, 2.24) is 9.97 Å². The zero-order chi connectivity index (χ0) is 10.5. The third-order valence-electron chi connectivity index (χ3n) is 1.81. The SMILES string of the molecule is COc1cccc(Oc2cncnc2)c1. The van der Waals surface area contributed by atoms with Crippen molar-refractivity contribution < 1.29 is 9.47 Å². The molecule has 1 heterocycles. The van der Waals surface area contributed by atoms with Crippen molar-refractivity contribution in [3.05, 3.63) is 43.0 Å². The van der Waals surface area contributed by atoms with Crippen LogP contribution in [0.4, 0.5) is 0 Å². The van der Waals surface area contributed by atoms with Crippen molar-refractivity contribution >= 4 is 0 Å². The van der Waals surface area contributed by atoms with Gasteiger partial charge in [0.1, 0.15) is 17.8 Å². The Kier molecular flexibility index (Phi) is 2.78. The van der Waals surface area contributed by atoms with Gasteiger partial charge in [-0.1, -0.05) is 6.07 Å². The third-order valence-corrected chi connectivity index (χ3v) is 1.81. The minimum Gasteiger partial charge on any atom is -0.497 e. The Labute approximate surface area is 87.5 Å². The van der Waals surface area contributed by atoms with Crippen LogP contribution < -0.4 is 9.47 Å². The predicted molar refractivity (Wildman–Crippen MR) is 55.1 cm³/mol. The zero-order valence-electron chi connectivity index (χ0n) is 8.25. The number of rotatable bonds is 3. The molecule has 0 spiro atoms. The largest absolute Gasteiger partial charge is 0.497 e. The molecule has 0 saturated carbocycles. The van der Waals surface area contributed by atoms with Crippen LogP contribution >= 0.6 is 0 Å². The minimum atomic E-state index is 0.603. The molecule has 4 heteroatoms. The molecule has 0 fully saturated rings. The van der Waals surface area contributed by atoms with E-state index in [1.165, 1.54) is 6.33 Å². The van der Waals surface area contributed by atoms with Crippen molar-refractivity contribution in [1.29, 1.82) is 0 Å². The van der Waals surface area contributed by atoms with Gasteiger partial charge in [0.2, 0.25) is 0 Å². The Bertz CT molecular complexity index is 432. The number of benzene rings is 1. The molecule has 15 heavy (non-hydrogen) atoms. The van der Waals surface area contributed by atoms with E-state index in [4.69, 9.17) is 9.47 Å². The predicted octanol–water partition coefficient (Wildman–Crippen LogP) is 2.28. The van der Waals surface area contributed by atoms with Crippen LogP contribution in [-0.2, 0) is 0 Å². The first-order chi connectivity index (χ1) is 7.38. The molecule has 0 saturated heterocycles. The molecular formula is C11H10N2O2. The Morgan fingerprint density at radius 1 is 1.00 bits per heavy atom. The lowest BCUT2D eigenvalue weighted by Gasteiger charge is -2.05. The normalized spacial score (nSPS) is 9.67. The summed E-state index contributed by atoms with van der Waals surface area (Å²) in [6.07, 6.45) is 4.66. The highest BCUT2D eigenvalue weighted by Gasteiger charge is 1.98. The van der Waals surface area contributed by atoms with Crippen LogP contribution in [0.15, 0.2) is 43.0 Å². The molecule has 2 rings (SSSR count). The van der Waals surface area contributed by atoms with Crippen molar-refractivity contribution in [2.75, 3.05) is 7.11 Å². The van der Waals surface area contributed by atoms with E-state index in [9.17, 15) is 0 Å². The van der Waals surface area contributed by atoms with Gasteiger partial charge in [0.05, 0.1) is 19.5 Å². The average molecular weight is 202 g/mol. The van der Waals surface area contributed by atoms with Gasteiger partial charge in [-0.3, -0.25) is 0 Å². The molecule has 0 N–H and O–H groups in total. The van der Waals surface area contributed by atoms with Gasteiger partial charge in [-0.25, -0.2) is 9.97 Å². The van der Waals surface area contributed by atoms with Crippen LogP contribution in [0.25, 0.3) is 0 Å². The van der Waals surface area contributed by atoms with Crippen LogP contribution in [-0.4, -0.2) is 17.1 Å². The molecule has 2 aromatic rings. The zero-order valence-corrected chi connectivity index (χ0v) is 8.25. The van der Waals surface area contributed by atoms with E-state index in [0.717, 1.165) is 5.75 Å². The van der Waals surface area contributed by atoms with Crippen LogP contribution in [0, 0.1) is 0 Å². The maximum absolute atomic E-state index is 5.52. The Hall–Kier alpha value is -2.10. The summed E-state index contributed by atoms with van der Waals surface area (Å²) in [4.78, 5) is 7.71. The molecule has 76 valence electrons. The molecule has 0 bridgehead atoms. The smallest absolute Gasteiger partial charge is 0.163 e. The summed E-state index contributed by atoms with van der Waals surface area (Å²) in [5.74, 6) is 2.05. The summed E-state index contributed by atoms with van der Waals surface area (Å²) in [6, 6.07) is 7.36. The maximum atomic E-state index is 5.52. The fraction of sp³-hybridized carbons (Fsp3) is 0.0909. The van der Waals surface area contributed by atoms with Crippen LogP contribution in [0.3, 0.4) is 0 Å². The number of aromatic nitrogens is 2. The molecule has 1 aromatic heterocycles. The topological polar surface area (TPSA) is 44.2 Å². The molecule has 0 aliphatic rings. The fourth-order valence-corrected chi connectivity index (χ4v) is 1.14. The molecule has 0 unspecified atom stereocenters. The van der Waals surface area contributed by atoms with Gasteiger partial charge in [0.25, 0.3) is 0 Å². The van der Waals surface area contributed by atoms with E-state index in [1.54, 1.807) is 25.6 Å². The van der Waals surface area contributed by atoms with E-state index in [1.807, 2.05) is 18.2 Å². The summed E-state index contributed by atoms with van der Waals surface area (Å²) in [5, 5.41) is 0. The fourth-order valence-electron chi connectivity index (χ4n) is 1.14. The summed E-state index contributed by atoms with van der Waals surface area (Å²) in [5.41, 5.74) is 0. The number of methoxy groups -OCH3 is 1. The van der Waals surface area contributed by atoms with Crippen molar-refractivity contribution in [2.24, 2.45) is 0 Å². The Morgan fingerprint density at radius 3 is 2.47 bits per heavy atom. The molecule has 0 amide bonds. The van der Waals surface area contributed by atoms with E-state index in [-0.39, 0.29) is 0 Å². The monoisotopic (exact) mass is 202 g/mol. The van der Waals surface area contributed by atoms with Crippen molar-refractivity contribution in [2.45, 2.75) is 0 Å². The number of nitrogens with zero attached hydrogens (tertiary/aromatic N) is 2. The highest BCUT2D eigenvalue weighted by molar-refractivity contribution is 5.35. The van der Waals surface area contributed by atoms with Gasteiger partial charge in [0.15, 0.2) is 5.75 Å². The van der Waals surface area contributed by atoms with E-state index in [2.05, 4.69) is 9.97 Å². The first-order valence-electron chi connectivity index (χ1n) is 4.45. The molecule has 0 radical (unpaired) electrons. The lowest BCUT2D eigenvalue weighted by atomic mass is 10.3. The van der Waals surface area contributed by atoms with E-state index < -0.39 is 0 Å². The van der Waals surface area contributed by atoms with Crippen molar-refractivity contribution in [3.8, 4) is 17.2 Å². The molecule has 1 aromatic carbocycles. The van der Waals surface area contributed by atoms with Crippen LogP contribution in [0.1, 0.15) is 0 Å². The van der Waals surface area contributed by atoms with Crippen LogP contribution in [0.2, 0.25) is 0 Å². The first kappa shape index (κ1) is 9.45. The van der Waals surface area contributed by atoms with Crippen LogP contribution in [0.5, 0.6) is 17.2 Å². The molecule has 0 atom stereocenters. The lowest BCUT2D eigenvalue weighted by molar-refractivity contribution is 0.408. The molecule has 0 aliphatic heterocycles. The molecular weight excluding hydrogens is 192 g/mol. The van der Waals surface area contributed by atoms with Crippen molar-refractivity contribution in [3.63, 3.8) is 0 Å². The van der Waals surface area contributed by atoms with E-state index in [0.29, 0.717) is 11.5 Å². The van der Waals surface area contributed by atoms with Gasteiger partial charge in [-0.05, 0) is 12.1 Å². The quantitative estimate of drug-likeness (QED) is 0.765. The Morgan fingerprint density at radius 2 is 1.73 bits per heavy atom. The highest BCUT2D eigenvalue weighted by atomic mass is 16.5. The average Bonchev–Trinajstić information content (AvgIpc) is 2.31. The molecule has 4 nitrogen and oxygen atoms in total. The summed E-state index contributed by atoms with van der Waals surface area (Å²) >= 11 is 0. The van der Waals surface area contributed by atoms with Gasteiger partial charge < -0.3 is 9.47 Å². The highest BCUT2D eigenvalue weighted by Crippen LogP contribution is 2.23. The number of ether oxygens (including phenoxy) is 2. The molecule has 0 aliphatic carbocycles. The standard InChI is InChI=1S/C11H10N2O2/c1-14-9-3-2-4-10(5-9)15-11-6-12-8-13-7-11/h2-8H,1H3. The van der Waals surface area contributed by atoms with Gasteiger partial charge in [0, 0.05) is 6.07 Å². The summed E-state index contributed by atoms with van der Waals surface area (Å²) in [7, 11) is 1.62. The maximum Gasteiger partial charge on any atom is 0.163 e. The second-order valence-electron chi connectivity index (χ2n) is 2.86. The second-order valence-corrected chi connectivity index (χ2v) is 2.86.